The van der Waals surface area contributed by atoms with Crippen LogP contribution in [0.15, 0.2) is 53.0 Å². The van der Waals surface area contributed by atoms with E-state index in [0.29, 0.717) is 22.4 Å². The van der Waals surface area contributed by atoms with E-state index in [1.807, 2.05) is 19.0 Å². The lowest BCUT2D eigenvalue weighted by atomic mass is 9.60. The number of phenolic OH excluding ortho intramolecular Hbond substituents is 1. The summed E-state index contributed by atoms with van der Waals surface area (Å²) in [5.41, 5.74) is 10.8. The molecule has 1 heterocycles. The molecule has 2 aromatic rings. The number of ether oxygens (including phenoxy) is 1. The molecule has 240 valence electrons. The Morgan fingerprint density at radius 2 is 1.78 bits per heavy atom. The highest BCUT2D eigenvalue weighted by Crippen LogP contribution is 2.68. The van der Waals surface area contributed by atoms with E-state index in [-0.39, 0.29) is 48.4 Å². The van der Waals surface area contributed by atoms with Crippen molar-refractivity contribution >= 4 is 17.4 Å². The third kappa shape index (κ3) is 4.30. The average molecular weight is 623 g/mol. The third-order valence-electron chi connectivity index (χ3n) is 9.92. The number of nitrogens with zero attached hydrogens (tertiary/aromatic N) is 2. The first kappa shape index (κ1) is 31.0. The normalized spacial score (nSPS) is 29.9. The van der Waals surface area contributed by atoms with Crippen molar-refractivity contribution in [1.29, 1.82) is 0 Å². The van der Waals surface area contributed by atoms with Crippen molar-refractivity contribution in [2.75, 3.05) is 33.1 Å². The molecular formula is C33H39FN4O7. The van der Waals surface area contributed by atoms with Gasteiger partial charge in [0.2, 0.25) is 5.79 Å². The van der Waals surface area contributed by atoms with Crippen LogP contribution in [-0.2, 0) is 28.8 Å². The number of anilines is 1. The molecule has 6 rings (SSSR count). The molecule has 11 nitrogen and oxygen atoms in total. The van der Waals surface area contributed by atoms with Crippen LogP contribution < -0.4 is 16.4 Å². The smallest absolute Gasteiger partial charge is 0.253 e. The van der Waals surface area contributed by atoms with Gasteiger partial charge in [-0.25, -0.2) is 4.39 Å². The molecule has 1 aliphatic heterocycles. The number of likely N-dealkylation sites (N-methyl/N-ethyl adjacent to an activating group) is 1. The number of carbonyl (C=O) groups excluding carboxylic acids is 2. The van der Waals surface area contributed by atoms with Gasteiger partial charge in [-0.3, -0.25) is 14.5 Å². The summed E-state index contributed by atoms with van der Waals surface area (Å²) >= 11 is 0. The van der Waals surface area contributed by atoms with Crippen molar-refractivity contribution in [2.24, 2.45) is 23.3 Å². The van der Waals surface area contributed by atoms with Crippen molar-refractivity contribution in [1.82, 2.24) is 4.90 Å². The quantitative estimate of drug-likeness (QED) is 0.250. The monoisotopic (exact) mass is 622 g/mol. The van der Waals surface area contributed by atoms with Gasteiger partial charge in [-0.1, -0.05) is 18.2 Å². The first-order valence-corrected chi connectivity index (χ1v) is 14.8. The molecule has 0 saturated carbocycles. The minimum Gasteiger partial charge on any atom is -0.510 e. The lowest BCUT2D eigenvalue weighted by molar-refractivity contribution is -0.117. The number of aromatic hydroxyl groups is 1. The van der Waals surface area contributed by atoms with Crippen molar-refractivity contribution in [3.05, 3.63) is 81.1 Å². The van der Waals surface area contributed by atoms with E-state index < -0.39 is 63.6 Å². The van der Waals surface area contributed by atoms with Crippen molar-refractivity contribution < 1.29 is 39.1 Å². The zero-order chi connectivity index (χ0) is 33.0. The third-order valence-corrected chi connectivity index (χ3v) is 9.92. The number of nitrogens with two attached hydrogens (primary N) is 2. The Labute approximate surface area is 260 Å². The maximum Gasteiger partial charge on any atom is 0.253 e. The van der Waals surface area contributed by atoms with E-state index in [1.165, 1.54) is 6.07 Å². The number of halogens is 1. The number of aliphatic hydroxyl groups is 3. The fourth-order valence-corrected chi connectivity index (χ4v) is 8.07. The minimum atomic E-state index is -2.42. The van der Waals surface area contributed by atoms with Gasteiger partial charge in [0.15, 0.2) is 11.4 Å². The van der Waals surface area contributed by atoms with Crippen LogP contribution in [0.2, 0.25) is 0 Å². The number of fused-ring (bicyclic) bond motifs is 2. The zero-order valence-electron chi connectivity index (χ0n) is 25.9. The van der Waals surface area contributed by atoms with E-state index >= 15 is 0 Å². The standard InChI is InChI=1S/C33H39FN4O7/c1-31(36,13-15-8-6-7-9-20(15)34)14-17-12-21(37(2)3)18-10-16-11-19-25(38(4)5)28(41)24(30(35)43)33(44)32(19,45-33)29(42)22(16)27(40)23(18)26(17)39/h6-9,12,16,19,25,39,41-42,44H,10-11,13-14,36H2,1-5H3,(H2,35,43)/t16-,19-,25-,31?,32-,33?/m0/s1. The Morgan fingerprint density at radius 3 is 2.38 bits per heavy atom. The lowest BCUT2D eigenvalue weighted by Crippen LogP contribution is -2.57. The number of Topliss-reactive ketones (excluding diaryl/α,β-unsaturated/α-hetero) is 1. The van der Waals surface area contributed by atoms with Gasteiger partial charge in [0.25, 0.3) is 5.91 Å². The molecule has 2 aromatic carbocycles. The van der Waals surface area contributed by atoms with Crippen molar-refractivity contribution in [2.45, 2.75) is 55.6 Å². The summed E-state index contributed by atoms with van der Waals surface area (Å²) in [5.74, 6) is -7.13. The Bertz CT molecular complexity index is 1720. The van der Waals surface area contributed by atoms with Crippen LogP contribution in [0.5, 0.6) is 5.75 Å². The molecular weight excluding hydrogens is 583 g/mol. The fourth-order valence-electron chi connectivity index (χ4n) is 8.07. The molecule has 12 heteroatoms. The molecule has 0 bridgehead atoms. The number of primary amides is 1. The molecule has 1 amide bonds. The van der Waals surface area contributed by atoms with E-state index in [2.05, 4.69) is 0 Å². The van der Waals surface area contributed by atoms with Gasteiger partial charge in [-0.2, -0.15) is 0 Å². The van der Waals surface area contributed by atoms with E-state index in [1.54, 1.807) is 50.2 Å². The molecule has 0 radical (unpaired) electrons. The molecule has 4 aliphatic rings. The van der Waals surface area contributed by atoms with Crippen molar-refractivity contribution in [3.8, 4) is 5.75 Å². The van der Waals surface area contributed by atoms with Gasteiger partial charge >= 0.3 is 0 Å². The highest BCUT2D eigenvalue weighted by Gasteiger charge is 2.84. The number of rotatable bonds is 7. The van der Waals surface area contributed by atoms with Crippen LogP contribution in [0.1, 0.15) is 40.4 Å². The number of aliphatic hydroxyl groups excluding tert-OH is 2. The molecule has 1 saturated heterocycles. The van der Waals surface area contributed by atoms with E-state index in [0.717, 1.165) is 0 Å². The number of phenols is 1. The summed E-state index contributed by atoms with van der Waals surface area (Å²) in [5, 5.41) is 46.1. The Hall–Kier alpha value is -3.97. The number of carbonyl (C=O) groups is 2. The van der Waals surface area contributed by atoms with Crippen LogP contribution >= 0.6 is 0 Å². The first-order valence-electron chi connectivity index (χ1n) is 14.8. The Morgan fingerprint density at radius 1 is 1.13 bits per heavy atom. The summed E-state index contributed by atoms with van der Waals surface area (Å²) in [6.45, 7) is 1.75. The molecule has 2 unspecified atom stereocenters. The van der Waals surface area contributed by atoms with Gasteiger partial charge < -0.3 is 41.5 Å². The predicted octanol–water partition coefficient (Wildman–Crippen LogP) is 1.99. The molecule has 1 fully saturated rings. The highest BCUT2D eigenvalue weighted by molar-refractivity contribution is 6.15. The first-order chi connectivity index (χ1) is 21.0. The number of ketones is 1. The largest absolute Gasteiger partial charge is 0.510 e. The maximum atomic E-state index is 14.5. The molecule has 8 N–H and O–H groups in total. The summed E-state index contributed by atoms with van der Waals surface area (Å²) < 4.78 is 20.2. The molecule has 45 heavy (non-hydrogen) atoms. The topological polar surface area (TPSA) is 186 Å². The summed E-state index contributed by atoms with van der Waals surface area (Å²) in [7, 11) is 6.99. The zero-order valence-corrected chi connectivity index (χ0v) is 25.9. The molecule has 1 spiro atoms. The van der Waals surface area contributed by atoms with Crippen molar-refractivity contribution in [3.63, 3.8) is 0 Å². The van der Waals surface area contributed by atoms with Gasteiger partial charge in [0.1, 0.15) is 28.7 Å². The number of benzene rings is 2. The molecule has 0 aromatic heterocycles. The number of amides is 1. The van der Waals surface area contributed by atoms with Crippen LogP contribution in [0.25, 0.3) is 0 Å². The second-order valence-corrected chi connectivity index (χ2v) is 13.6. The SMILES string of the molecule is CN(C)c1cc(CC(C)(N)Cc2ccccc2F)c(O)c2c1C[C@H]1C[C@H]3[C@H](N(C)C)C(O)=C(C(N)=O)C4(O)O[C@]34C(O)=C1C2=O. The van der Waals surface area contributed by atoms with Crippen LogP contribution in [0, 0.1) is 17.7 Å². The van der Waals surface area contributed by atoms with Gasteiger partial charge in [-0.15, -0.1) is 0 Å². The Balaban J connectivity index is 1.46. The van der Waals surface area contributed by atoms with Gasteiger partial charge in [0.05, 0.1) is 11.6 Å². The van der Waals surface area contributed by atoms with Gasteiger partial charge in [-0.05, 0) is 81.4 Å². The van der Waals surface area contributed by atoms with Crippen LogP contribution in [0.3, 0.4) is 0 Å². The maximum absolute atomic E-state index is 14.5. The van der Waals surface area contributed by atoms with E-state index in [4.69, 9.17) is 16.2 Å². The summed E-state index contributed by atoms with van der Waals surface area (Å²) in [6.07, 6.45) is 0.749. The summed E-state index contributed by atoms with van der Waals surface area (Å²) in [4.78, 5) is 30.3. The molecule has 3 aliphatic carbocycles. The molecule has 6 atom stereocenters. The second-order valence-electron chi connectivity index (χ2n) is 13.6. The average Bonchev–Trinajstić information content (AvgIpc) is 3.56. The van der Waals surface area contributed by atoms with E-state index in [9.17, 15) is 34.4 Å². The fraction of sp³-hybridized carbons (Fsp3) is 0.455. The number of hydrogen-bond acceptors (Lipinski definition) is 10. The second kappa shape index (κ2) is 10.0. The highest BCUT2D eigenvalue weighted by atomic mass is 19.1. The Kier molecular flexibility index (Phi) is 6.91. The predicted molar refractivity (Wildman–Crippen MR) is 163 cm³/mol. The summed E-state index contributed by atoms with van der Waals surface area (Å²) in [6, 6.07) is 7.26. The minimum absolute atomic E-state index is 0.00298. The van der Waals surface area contributed by atoms with Crippen LogP contribution in [0.4, 0.5) is 10.1 Å². The number of epoxide rings is 1. The van der Waals surface area contributed by atoms with Gasteiger partial charge in [0, 0.05) is 36.8 Å². The lowest BCUT2D eigenvalue weighted by Gasteiger charge is -2.46. The number of hydrogen-bond donors (Lipinski definition) is 6. The number of allylic oxidation sites excluding steroid dienone is 1. The van der Waals surface area contributed by atoms with Crippen LogP contribution in [-0.4, -0.2) is 88.2 Å².